The summed E-state index contributed by atoms with van der Waals surface area (Å²) in [6, 6.07) is 11.7. The predicted molar refractivity (Wildman–Crippen MR) is 79.8 cm³/mol. The van der Waals surface area contributed by atoms with Gasteiger partial charge >= 0.3 is 0 Å². The lowest BCUT2D eigenvalue weighted by Crippen LogP contribution is -1.98. The highest BCUT2D eigenvalue weighted by atomic mass is 35.5. The summed E-state index contributed by atoms with van der Waals surface area (Å²) in [4.78, 5) is 0. The van der Waals surface area contributed by atoms with Gasteiger partial charge in [-0.1, -0.05) is 41.6 Å². The van der Waals surface area contributed by atoms with Crippen molar-refractivity contribution >= 4 is 23.2 Å². The summed E-state index contributed by atoms with van der Waals surface area (Å²) in [7, 11) is 0. The van der Waals surface area contributed by atoms with Gasteiger partial charge in [-0.2, -0.15) is 0 Å². The van der Waals surface area contributed by atoms with E-state index in [1.807, 2.05) is 18.2 Å². The number of rotatable bonds is 3. The van der Waals surface area contributed by atoms with Crippen LogP contribution in [0.1, 0.15) is 11.1 Å². The molecule has 0 spiro atoms. The molecule has 2 aromatic rings. The highest BCUT2D eigenvalue weighted by Gasteiger charge is 2.06. The van der Waals surface area contributed by atoms with Gasteiger partial charge in [0.2, 0.25) is 0 Å². The molecule has 0 heterocycles. The molecule has 0 aliphatic heterocycles. The fraction of sp³-hybridized carbons (Fsp3) is 0.125. The molecule has 0 saturated heterocycles. The second-order valence-electron chi connectivity index (χ2n) is 3.96. The molecule has 0 fully saturated rings. The molecule has 2 rings (SSSR count). The zero-order chi connectivity index (χ0) is 14.4. The van der Waals surface area contributed by atoms with Gasteiger partial charge in [0.25, 0.3) is 0 Å². The van der Waals surface area contributed by atoms with Crippen LogP contribution in [0.2, 0.25) is 5.02 Å². The van der Waals surface area contributed by atoms with E-state index < -0.39 is 5.82 Å². The average Bonchev–Trinajstić information content (AvgIpc) is 2.46. The number of alkyl halides is 1. The van der Waals surface area contributed by atoms with Crippen LogP contribution >= 0.6 is 23.2 Å². The van der Waals surface area contributed by atoms with Crippen molar-refractivity contribution in [1.29, 1.82) is 0 Å². The van der Waals surface area contributed by atoms with E-state index in [9.17, 15) is 4.39 Å². The Morgan fingerprint density at radius 1 is 1.15 bits per heavy atom. The molecule has 20 heavy (non-hydrogen) atoms. The first-order valence-electron chi connectivity index (χ1n) is 5.91. The Labute approximate surface area is 127 Å². The Morgan fingerprint density at radius 3 is 2.70 bits per heavy atom. The summed E-state index contributed by atoms with van der Waals surface area (Å²) in [5, 5.41) is 0.589. The maximum absolute atomic E-state index is 13.7. The van der Waals surface area contributed by atoms with Gasteiger partial charge in [0.15, 0.2) is 11.6 Å². The maximum atomic E-state index is 13.7. The molecule has 2 aromatic carbocycles. The van der Waals surface area contributed by atoms with Crippen molar-refractivity contribution in [1.82, 2.24) is 0 Å². The Morgan fingerprint density at radius 2 is 1.95 bits per heavy atom. The first kappa shape index (κ1) is 14.7. The van der Waals surface area contributed by atoms with E-state index in [4.69, 9.17) is 27.9 Å². The summed E-state index contributed by atoms with van der Waals surface area (Å²) >= 11 is 11.5. The summed E-state index contributed by atoms with van der Waals surface area (Å²) in [6.07, 6.45) is 0. The van der Waals surface area contributed by atoms with Crippen LogP contribution in [0.3, 0.4) is 0 Å². The van der Waals surface area contributed by atoms with Crippen molar-refractivity contribution in [2.24, 2.45) is 0 Å². The van der Waals surface area contributed by atoms with E-state index in [1.54, 1.807) is 18.2 Å². The number of benzene rings is 2. The molecule has 0 bridgehead atoms. The average molecular weight is 309 g/mol. The summed E-state index contributed by atoms with van der Waals surface area (Å²) in [6.45, 7) is 0.197. The molecule has 0 amide bonds. The third-order valence-electron chi connectivity index (χ3n) is 2.57. The van der Waals surface area contributed by atoms with Gasteiger partial charge in [0, 0.05) is 16.1 Å². The molecule has 0 aromatic heterocycles. The Kier molecular flexibility index (Phi) is 5.29. The Balaban J connectivity index is 2.15. The molecule has 0 radical (unpaired) electrons. The third kappa shape index (κ3) is 3.90. The van der Waals surface area contributed by atoms with Gasteiger partial charge in [0.05, 0.1) is 5.88 Å². The molecule has 0 N–H and O–H groups in total. The molecule has 0 atom stereocenters. The minimum absolute atomic E-state index is 0.145. The summed E-state index contributed by atoms with van der Waals surface area (Å²) in [5.41, 5.74) is 1.45. The lowest BCUT2D eigenvalue weighted by Gasteiger charge is -2.09. The largest absolute Gasteiger partial charge is 0.486 e. The lowest BCUT2D eigenvalue weighted by molar-refractivity contribution is 0.290. The molecule has 0 unspecified atom stereocenters. The number of halogens is 3. The first-order chi connectivity index (χ1) is 9.70. The van der Waals surface area contributed by atoms with Crippen LogP contribution in [0, 0.1) is 17.7 Å². The molecule has 102 valence electrons. The normalized spacial score (nSPS) is 9.75. The Bertz CT molecular complexity index is 659. The number of ether oxygens (including phenoxy) is 1. The zero-order valence-corrected chi connectivity index (χ0v) is 12.0. The zero-order valence-electron chi connectivity index (χ0n) is 10.5. The molecular weight excluding hydrogens is 298 g/mol. The van der Waals surface area contributed by atoms with Gasteiger partial charge in [-0.05, 0) is 24.3 Å². The summed E-state index contributed by atoms with van der Waals surface area (Å²) in [5.74, 6) is 5.46. The van der Waals surface area contributed by atoms with E-state index in [-0.39, 0.29) is 18.2 Å². The topological polar surface area (TPSA) is 9.23 Å². The number of hydrogen-bond donors (Lipinski definition) is 0. The van der Waals surface area contributed by atoms with Crippen molar-refractivity contribution < 1.29 is 9.13 Å². The van der Waals surface area contributed by atoms with E-state index in [0.717, 1.165) is 5.56 Å². The van der Waals surface area contributed by atoms with Gasteiger partial charge in [-0.25, -0.2) is 4.39 Å². The van der Waals surface area contributed by atoms with Gasteiger partial charge < -0.3 is 4.74 Å². The molecule has 4 heteroatoms. The number of hydrogen-bond acceptors (Lipinski definition) is 1. The fourth-order valence-electron chi connectivity index (χ4n) is 1.60. The highest BCUT2D eigenvalue weighted by molar-refractivity contribution is 6.31. The van der Waals surface area contributed by atoms with E-state index in [1.165, 1.54) is 6.07 Å². The SMILES string of the molecule is Fc1ccc(C#CCCl)cc1OCc1ccccc1Cl. The van der Waals surface area contributed by atoms with Crippen molar-refractivity contribution in [3.05, 3.63) is 64.4 Å². The van der Waals surface area contributed by atoms with E-state index >= 15 is 0 Å². The van der Waals surface area contributed by atoms with Crippen LogP contribution in [0.25, 0.3) is 0 Å². The van der Waals surface area contributed by atoms with Gasteiger partial charge in [0.1, 0.15) is 6.61 Å². The van der Waals surface area contributed by atoms with E-state index in [0.29, 0.717) is 10.6 Å². The van der Waals surface area contributed by atoms with Crippen LogP contribution < -0.4 is 4.74 Å². The fourth-order valence-corrected chi connectivity index (χ4v) is 1.86. The second kappa shape index (κ2) is 7.19. The molecule has 0 saturated carbocycles. The molecule has 0 aliphatic carbocycles. The van der Waals surface area contributed by atoms with Crippen LogP contribution in [0.5, 0.6) is 5.75 Å². The standard InChI is InChI=1S/C16H11Cl2FO/c17-9-3-4-12-7-8-15(19)16(10-12)20-11-13-5-1-2-6-14(13)18/h1-2,5-8,10H,9,11H2. The molecule has 0 aliphatic rings. The van der Waals surface area contributed by atoms with Crippen molar-refractivity contribution in [2.45, 2.75) is 6.61 Å². The quantitative estimate of drug-likeness (QED) is 0.592. The van der Waals surface area contributed by atoms with Crippen LogP contribution in [-0.2, 0) is 6.61 Å². The first-order valence-corrected chi connectivity index (χ1v) is 6.82. The third-order valence-corrected chi connectivity index (χ3v) is 3.07. The lowest BCUT2D eigenvalue weighted by atomic mass is 10.2. The molecule has 1 nitrogen and oxygen atoms in total. The predicted octanol–water partition coefficient (Wildman–Crippen LogP) is 4.65. The van der Waals surface area contributed by atoms with Crippen LogP contribution in [-0.4, -0.2) is 5.88 Å². The van der Waals surface area contributed by atoms with Gasteiger partial charge in [-0.3, -0.25) is 0 Å². The smallest absolute Gasteiger partial charge is 0.165 e. The minimum Gasteiger partial charge on any atom is -0.486 e. The van der Waals surface area contributed by atoms with Crippen LogP contribution in [0.4, 0.5) is 4.39 Å². The minimum atomic E-state index is -0.437. The summed E-state index contributed by atoms with van der Waals surface area (Å²) < 4.78 is 19.1. The highest BCUT2D eigenvalue weighted by Crippen LogP contribution is 2.22. The van der Waals surface area contributed by atoms with Gasteiger partial charge in [-0.15, -0.1) is 11.6 Å². The monoisotopic (exact) mass is 308 g/mol. The van der Waals surface area contributed by atoms with Crippen molar-refractivity contribution in [3.63, 3.8) is 0 Å². The van der Waals surface area contributed by atoms with E-state index in [2.05, 4.69) is 11.8 Å². The second-order valence-corrected chi connectivity index (χ2v) is 4.64. The van der Waals surface area contributed by atoms with Crippen molar-refractivity contribution in [2.75, 3.05) is 5.88 Å². The maximum Gasteiger partial charge on any atom is 0.165 e. The van der Waals surface area contributed by atoms with Crippen molar-refractivity contribution in [3.8, 4) is 17.6 Å². The van der Waals surface area contributed by atoms with Crippen LogP contribution in [0.15, 0.2) is 42.5 Å². The Hall–Kier alpha value is -1.69. The molecular formula is C16H11Cl2FO.